The van der Waals surface area contributed by atoms with E-state index in [1.807, 2.05) is 44.2 Å². The van der Waals surface area contributed by atoms with Gasteiger partial charge in [0.2, 0.25) is 0 Å². The van der Waals surface area contributed by atoms with Gasteiger partial charge in [-0.3, -0.25) is 4.98 Å². The zero-order valence-electron chi connectivity index (χ0n) is 18.0. The van der Waals surface area contributed by atoms with Crippen LogP contribution in [-0.4, -0.2) is 50.2 Å². The quantitative estimate of drug-likeness (QED) is 0.504. The van der Waals surface area contributed by atoms with Gasteiger partial charge in [0, 0.05) is 23.8 Å². The number of nitrogen functional groups attached to an aromatic ring is 1. The number of ether oxygens (including phenoxy) is 4. The zero-order valence-corrected chi connectivity index (χ0v) is 18.0. The SMILES string of the molecule is CC1(C)O[C@@H]2[C@H](O1)[C@@H](COc1ccc3cccnc3c1)O[C@H]2n1cc(F)c2c(N)ncnc21. The summed E-state index contributed by atoms with van der Waals surface area (Å²) < 4.78 is 40.9. The average molecular weight is 451 g/mol. The first-order valence-electron chi connectivity index (χ1n) is 10.6. The molecule has 0 unspecified atom stereocenters. The highest BCUT2D eigenvalue weighted by molar-refractivity contribution is 5.86. The monoisotopic (exact) mass is 451 g/mol. The first kappa shape index (κ1) is 20.3. The number of fused-ring (bicyclic) bond motifs is 3. The number of anilines is 1. The van der Waals surface area contributed by atoms with Crippen LogP contribution in [0.3, 0.4) is 0 Å². The second kappa shape index (κ2) is 7.34. The standard InChI is InChI=1S/C23H22FN5O4/c1-23(2)32-18-16(10-30-13-6-5-12-4-3-7-26-15(12)8-13)31-22(19(18)33-23)29-9-14(24)17-20(25)27-11-28-21(17)29/h3-9,11,16,18-19,22H,10H2,1-2H3,(H2,25,27,28)/t16-,18-,19-,22-/m1/s1. The maximum Gasteiger partial charge on any atom is 0.165 e. The second-order valence-corrected chi connectivity index (χ2v) is 8.64. The summed E-state index contributed by atoms with van der Waals surface area (Å²) in [5.41, 5.74) is 7.04. The van der Waals surface area contributed by atoms with E-state index in [-0.39, 0.29) is 17.8 Å². The Kier molecular flexibility index (Phi) is 4.51. The molecule has 2 aliphatic heterocycles. The van der Waals surface area contributed by atoms with Crippen molar-refractivity contribution in [3.05, 3.63) is 54.9 Å². The number of hydrogen-bond donors (Lipinski definition) is 1. The van der Waals surface area contributed by atoms with Gasteiger partial charge in [0.05, 0.1) is 10.9 Å². The Bertz CT molecular complexity index is 1360. The minimum Gasteiger partial charge on any atom is -0.491 e. The highest BCUT2D eigenvalue weighted by Gasteiger charge is 2.56. The average Bonchev–Trinajstić information content (AvgIpc) is 3.41. The number of halogens is 1. The summed E-state index contributed by atoms with van der Waals surface area (Å²) >= 11 is 0. The number of aromatic nitrogens is 4. The fourth-order valence-electron chi connectivity index (χ4n) is 4.59. The summed E-state index contributed by atoms with van der Waals surface area (Å²) in [5, 5.41) is 1.18. The van der Waals surface area contributed by atoms with Gasteiger partial charge in [-0.15, -0.1) is 0 Å². The van der Waals surface area contributed by atoms with Gasteiger partial charge in [-0.25, -0.2) is 14.4 Å². The molecule has 1 aromatic carbocycles. The van der Waals surface area contributed by atoms with Crippen molar-refractivity contribution in [2.75, 3.05) is 12.3 Å². The van der Waals surface area contributed by atoms with Crippen molar-refractivity contribution >= 4 is 27.8 Å². The molecule has 2 fully saturated rings. The summed E-state index contributed by atoms with van der Waals surface area (Å²) in [5.74, 6) is -0.608. The van der Waals surface area contributed by atoms with Crippen molar-refractivity contribution in [2.24, 2.45) is 0 Å². The second-order valence-electron chi connectivity index (χ2n) is 8.64. The lowest BCUT2D eigenvalue weighted by Crippen LogP contribution is -2.33. The minimum absolute atomic E-state index is 0.0690. The molecule has 3 aromatic heterocycles. The molecule has 0 spiro atoms. The molecule has 170 valence electrons. The first-order valence-corrected chi connectivity index (χ1v) is 10.6. The van der Waals surface area contributed by atoms with Crippen LogP contribution in [0.25, 0.3) is 21.9 Å². The molecule has 4 aromatic rings. The topological polar surface area (TPSA) is 107 Å². The lowest BCUT2D eigenvalue weighted by atomic mass is 10.1. The molecular weight excluding hydrogens is 429 g/mol. The molecule has 10 heteroatoms. The van der Waals surface area contributed by atoms with E-state index >= 15 is 0 Å². The van der Waals surface area contributed by atoms with Crippen LogP contribution < -0.4 is 10.5 Å². The van der Waals surface area contributed by atoms with Crippen LogP contribution in [0.5, 0.6) is 5.75 Å². The predicted molar refractivity (Wildman–Crippen MR) is 117 cm³/mol. The normalized spacial score (nSPS) is 26.2. The van der Waals surface area contributed by atoms with Crippen molar-refractivity contribution in [3.63, 3.8) is 0 Å². The van der Waals surface area contributed by atoms with Crippen LogP contribution in [0.1, 0.15) is 20.1 Å². The van der Waals surface area contributed by atoms with E-state index in [0.717, 1.165) is 10.9 Å². The van der Waals surface area contributed by atoms with Gasteiger partial charge in [-0.2, -0.15) is 0 Å². The molecule has 0 saturated carbocycles. The van der Waals surface area contributed by atoms with Gasteiger partial charge in [-0.1, -0.05) is 6.07 Å². The Morgan fingerprint density at radius 1 is 1.15 bits per heavy atom. The van der Waals surface area contributed by atoms with Crippen LogP contribution in [0.4, 0.5) is 10.2 Å². The molecule has 0 radical (unpaired) electrons. The van der Waals surface area contributed by atoms with E-state index < -0.39 is 36.1 Å². The number of nitrogens with zero attached hydrogens (tertiary/aromatic N) is 4. The summed E-state index contributed by atoms with van der Waals surface area (Å²) in [6.45, 7) is 3.89. The van der Waals surface area contributed by atoms with Gasteiger partial charge < -0.3 is 29.2 Å². The van der Waals surface area contributed by atoms with E-state index in [1.165, 1.54) is 12.5 Å². The summed E-state index contributed by atoms with van der Waals surface area (Å²) in [6, 6.07) is 9.60. The number of hydrogen-bond acceptors (Lipinski definition) is 8. The van der Waals surface area contributed by atoms with E-state index in [1.54, 1.807) is 10.8 Å². The highest BCUT2D eigenvalue weighted by Crippen LogP contribution is 2.44. The van der Waals surface area contributed by atoms with Crippen molar-refractivity contribution in [3.8, 4) is 5.75 Å². The van der Waals surface area contributed by atoms with Crippen LogP contribution in [0.2, 0.25) is 0 Å². The minimum atomic E-state index is -0.821. The number of pyridine rings is 1. The molecule has 0 aliphatic carbocycles. The summed E-state index contributed by atoms with van der Waals surface area (Å²) in [4.78, 5) is 12.5. The van der Waals surface area contributed by atoms with Crippen molar-refractivity contribution in [1.82, 2.24) is 19.5 Å². The van der Waals surface area contributed by atoms with Crippen LogP contribution in [0.15, 0.2) is 49.1 Å². The maximum absolute atomic E-state index is 14.7. The maximum atomic E-state index is 14.7. The van der Waals surface area contributed by atoms with Gasteiger partial charge in [0.25, 0.3) is 0 Å². The molecule has 0 amide bonds. The molecule has 33 heavy (non-hydrogen) atoms. The molecule has 2 aliphatic rings. The van der Waals surface area contributed by atoms with Gasteiger partial charge in [0.1, 0.15) is 42.8 Å². The lowest BCUT2D eigenvalue weighted by Gasteiger charge is -2.25. The molecule has 2 saturated heterocycles. The number of nitrogens with two attached hydrogens (primary N) is 1. The zero-order chi connectivity index (χ0) is 22.7. The summed E-state index contributed by atoms with van der Waals surface area (Å²) in [6.07, 6.45) is 2.31. The third-order valence-electron chi connectivity index (χ3n) is 5.98. The van der Waals surface area contributed by atoms with Crippen LogP contribution in [0, 0.1) is 5.82 Å². The molecule has 0 bridgehead atoms. The molecule has 9 nitrogen and oxygen atoms in total. The molecular formula is C23H22FN5O4. The van der Waals surface area contributed by atoms with Gasteiger partial charge in [-0.05, 0) is 32.0 Å². The van der Waals surface area contributed by atoms with Crippen molar-refractivity contribution in [2.45, 2.75) is 44.2 Å². The fourth-order valence-corrected chi connectivity index (χ4v) is 4.59. The fraction of sp³-hybridized carbons (Fsp3) is 0.348. The van der Waals surface area contributed by atoms with Crippen LogP contribution >= 0.6 is 0 Å². The highest BCUT2D eigenvalue weighted by atomic mass is 19.1. The third-order valence-corrected chi connectivity index (χ3v) is 5.98. The predicted octanol–water partition coefficient (Wildman–Crippen LogP) is 3.20. The number of benzene rings is 1. The molecule has 4 atom stereocenters. The van der Waals surface area contributed by atoms with E-state index in [4.69, 9.17) is 24.7 Å². The lowest BCUT2D eigenvalue weighted by molar-refractivity contribution is -0.198. The number of rotatable bonds is 4. The third kappa shape index (κ3) is 3.38. The van der Waals surface area contributed by atoms with E-state index in [9.17, 15) is 4.39 Å². The Hall–Kier alpha value is -3.34. The van der Waals surface area contributed by atoms with E-state index in [0.29, 0.717) is 11.4 Å². The molecule has 6 rings (SSSR count). The van der Waals surface area contributed by atoms with Crippen LogP contribution in [-0.2, 0) is 14.2 Å². The Labute approximate surface area is 188 Å². The van der Waals surface area contributed by atoms with Gasteiger partial charge >= 0.3 is 0 Å². The molecule has 5 heterocycles. The van der Waals surface area contributed by atoms with Crippen molar-refractivity contribution < 1.29 is 23.3 Å². The first-order chi connectivity index (χ1) is 15.9. The van der Waals surface area contributed by atoms with Gasteiger partial charge in [0.15, 0.2) is 23.5 Å². The largest absolute Gasteiger partial charge is 0.491 e. The smallest absolute Gasteiger partial charge is 0.165 e. The van der Waals surface area contributed by atoms with Crippen molar-refractivity contribution in [1.29, 1.82) is 0 Å². The Morgan fingerprint density at radius 3 is 2.88 bits per heavy atom. The Morgan fingerprint density at radius 2 is 2.00 bits per heavy atom. The Balaban J connectivity index is 1.30. The summed E-state index contributed by atoms with van der Waals surface area (Å²) in [7, 11) is 0. The van der Waals surface area contributed by atoms with E-state index in [2.05, 4.69) is 15.0 Å². The molecule has 2 N–H and O–H groups in total.